The average Bonchev–Trinajstić information content (AvgIpc) is 2.52. The molecule has 1 aliphatic heterocycles. The van der Waals surface area contributed by atoms with E-state index in [9.17, 15) is 8.42 Å². The Morgan fingerprint density at radius 1 is 1.43 bits per heavy atom. The molecule has 0 bridgehead atoms. The molecule has 21 heavy (non-hydrogen) atoms. The molecule has 0 amide bonds. The molecule has 0 radical (unpaired) electrons. The third-order valence-electron chi connectivity index (χ3n) is 2.74. The Hall–Kier alpha value is -1.50. The molecule has 8 heteroatoms. The molecule has 1 saturated heterocycles. The molecule has 0 aliphatic carbocycles. The standard InChI is InChI=1S/C13H17N3O4S/c14-3-1-2-11-6-13(9-15-7-11)21(17,18)16-8-12-10-19-4-5-20-12/h6-7,9,12,16H,3-5,8,10,14H2. The number of sulfonamides is 1. The number of pyridine rings is 1. The summed E-state index contributed by atoms with van der Waals surface area (Å²) in [6.07, 6.45) is 2.48. The van der Waals surface area contributed by atoms with Gasteiger partial charge in [0.1, 0.15) is 4.90 Å². The first kappa shape index (κ1) is 15.9. The highest BCUT2D eigenvalue weighted by atomic mass is 32.2. The Morgan fingerprint density at radius 2 is 2.29 bits per heavy atom. The molecule has 0 spiro atoms. The lowest BCUT2D eigenvalue weighted by atomic mass is 10.3. The van der Waals surface area contributed by atoms with Crippen molar-refractivity contribution in [1.82, 2.24) is 9.71 Å². The Morgan fingerprint density at radius 3 is 3.00 bits per heavy atom. The minimum atomic E-state index is -3.65. The van der Waals surface area contributed by atoms with Crippen LogP contribution in [0.1, 0.15) is 5.56 Å². The lowest BCUT2D eigenvalue weighted by Gasteiger charge is -2.23. The van der Waals surface area contributed by atoms with E-state index in [1.807, 2.05) is 0 Å². The molecule has 1 unspecified atom stereocenters. The van der Waals surface area contributed by atoms with Crippen LogP contribution in [0.15, 0.2) is 23.4 Å². The predicted octanol–water partition coefficient (Wildman–Crippen LogP) is -0.914. The molecule has 2 rings (SSSR count). The molecule has 1 aromatic rings. The normalized spacial score (nSPS) is 18.8. The van der Waals surface area contributed by atoms with Crippen molar-refractivity contribution in [3.8, 4) is 11.8 Å². The Bertz CT molecular complexity index is 630. The largest absolute Gasteiger partial charge is 0.376 e. The van der Waals surface area contributed by atoms with Gasteiger partial charge in [-0.15, -0.1) is 0 Å². The van der Waals surface area contributed by atoms with Crippen LogP contribution in [0.5, 0.6) is 0 Å². The summed E-state index contributed by atoms with van der Waals surface area (Å²) in [5.41, 5.74) is 5.78. The number of nitrogens with zero attached hydrogens (tertiary/aromatic N) is 1. The third kappa shape index (κ3) is 4.77. The van der Waals surface area contributed by atoms with Crippen LogP contribution in [0.3, 0.4) is 0 Å². The maximum atomic E-state index is 12.2. The van der Waals surface area contributed by atoms with Gasteiger partial charge in [0.05, 0.1) is 32.5 Å². The Labute approximate surface area is 123 Å². The van der Waals surface area contributed by atoms with Gasteiger partial charge >= 0.3 is 0 Å². The first-order valence-corrected chi connectivity index (χ1v) is 7.93. The number of nitrogens with two attached hydrogens (primary N) is 1. The van der Waals surface area contributed by atoms with Crippen LogP contribution >= 0.6 is 0 Å². The second kappa shape index (κ2) is 7.49. The van der Waals surface area contributed by atoms with Crippen LogP contribution in [0, 0.1) is 11.8 Å². The summed E-state index contributed by atoms with van der Waals surface area (Å²) in [6, 6.07) is 1.45. The highest BCUT2D eigenvalue weighted by Gasteiger charge is 2.20. The van der Waals surface area contributed by atoms with Gasteiger partial charge in [0, 0.05) is 24.5 Å². The highest BCUT2D eigenvalue weighted by molar-refractivity contribution is 7.89. The minimum absolute atomic E-state index is 0.0584. The van der Waals surface area contributed by atoms with Gasteiger partial charge in [0.15, 0.2) is 0 Å². The highest BCUT2D eigenvalue weighted by Crippen LogP contribution is 2.09. The van der Waals surface area contributed by atoms with E-state index in [4.69, 9.17) is 15.2 Å². The summed E-state index contributed by atoms with van der Waals surface area (Å²) in [5.74, 6) is 5.40. The minimum Gasteiger partial charge on any atom is -0.376 e. The van der Waals surface area contributed by atoms with E-state index in [0.717, 1.165) is 0 Å². The predicted molar refractivity (Wildman–Crippen MR) is 75.9 cm³/mol. The topological polar surface area (TPSA) is 104 Å². The summed E-state index contributed by atoms with van der Waals surface area (Å²) in [4.78, 5) is 3.94. The molecule has 114 valence electrons. The molecule has 1 atom stereocenters. The molecular weight excluding hydrogens is 294 g/mol. The summed E-state index contributed by atoms with van der Waals surface area (Å²) in [5, 5.41) is 0. The third-order valence-corrected chi connectivity index (χ3v) is 4.13. The van der Waals surface area contributed by atoms with Crippen LogP contribution in [-0.2, 0) is 19.5 Å². The van der Waals surface area contributed by atoms with Crippen LogP contribution in [0.2, 0.25) is 0 Å². The molecule has 1 fully saturated rings. The maximum Gasteiger partial charge on any atom is 0.242 e. The van der Waals surface area contributed by atoms with E-state index in [1.54, 1.807) is 0 Å². The van der Waals surface area contributed by atoms with Crippen molar-refractivity contribution >= 4 is 10.0 Å². The molecule has 7 nitrogen and oxygen atoms in total. The second-order valence-corrected chi connectivity index (χ2v) is 6.10. The lowest BCUT2D eigenvalue weighted by Crippen LogP contribution is -2.39. The van der Waals surface area contributed by atoms with Crippen molar-refractivity contribution in [2.75, 3.05) is 32.9 Å². The summed E-state index contributed by atoms with van der Waals surface area (Å²) >= 11 is 0. The molecule has 3 N–H and O–H groups in total. The van der Waals surface area contributed by atoms with Crippen molar-refractivity contribution in [2.24, 2.45) is 5.73 Å². The van der Waals surface area contributed by atoms with Crippen LogP contribution < -0.4 is 10.5 Å². The Balaban J connectivity index is 2.04. The van der Waals surface area contributed by atoms with Crippen LogP contribution in [0.25, 0.3) is 0 Å². The second-order valence-electron chi connectivity index (χ2n) is 4.33. The van der Waals surface area contributed by atoms with Gasteiger partial charge in [-0.3, -0.25) is 4.98 Å². The summed E-state index contributed by atoms with van der Waals surface area (Å²) in [7, 11) is -3.65. The van der Waals surface area contributed by atoms with Crippen LogP contribution in [-0.4, -0.2) is 52.4 Å². The molecule has 1 aromatic heterocycles. The number of rotatable bonds is 4. The quantitative estimate of drug-likeness (QED) is 0.698. The molecule has 1 aliphatic rings. The lowest BCUT2D eigenvalue weighted by molar-refractivity contribution is -0.0846. The van der Waals surface area contributed by atoms with Crippen LogP contribution in [0.4, 0.5) is 0 Å². The molecule has 0 saturated carbocycles. The summed E-state index contributed by atoms with van der Waals surface area (Å²) < 4.78 is 37.4. The number of hydrogen-bond acceptors (Lipinski definition) is 6. The van der Waals surface area contributed by atoms with Crippen molar-refractivity contribution < 1.29 is 17.9 Å². The van der Waals surface area contributed by atoms with E-state index in [1.165, 1.54) is 18.5 Å². The number of ether oxygens (including phenoxy) is 2. The number of hydrogen-bond donors (Lipinski definition) is 2. The van der Waals surface area contributed by atoms with Crippen molar-refractivity contribution in [3.05, 3.63) is 24.0 Å². The van der Waals surface area contributed by atoms with Gasteiger partial charge in [0.2, 0.25) is 10.0 Å². The first-order chi connectivity index (χ1) is 10.1. The zero-order valence-corrected chi connectivity index (χ0v) is 12.2. The van der Waals surface area contributed by atoms with Crippen molar-refractivity contribution in [2.45, 2.75) is 11.0 Å². The zero-order chi connectivity index (χ0) is 15.1. The fraction of sp³-hybridized carbons (Fsp3) is 0.462. The van der Waals surface area contributed by atoms with E-state index in [0.29, 0.717) is 25.4 Å². The zero-order valence-electron chi connectivity index (χ0n) is 11.4. The SMILES string of the molecule is NCC#Cc1cncc(S(=O)(=O)NCC2COCCO2)c1. The molecule has 0 aromatic carbocycles. The monoisotopic (exact) mass is 311 g/mol. The van der Waals surface area contributed by atoms with Gasteiger partial charge < -0.3 is 15.2 Å². The fourth-order valence-electron chi connectivity index (χ4n) is 1.73. The Kier molecular flexibility index (Phi) is 5.67. The number of nitrogens with one attached hydrogen (secondary N) is 1. The van der Waals surface area contributed by atoms with Gasteiger partial charge in [-0.2, -0.15) is 0 Å². The summed E-state index contributed by atoms with van der Waals surface area (Å²) in [6.45, 7) is 1.74. The van der Waals surface area contributed by atoms with E-state index in [-0.39, 0.29) is 24.1 Å². The van der Waals surface area contributed by atoms with E-state index >= 15 is 0 Å². The maximum absolute atomic E-state index is 12.2. The smallest absolute Gasteiger partial charge is 0.242 e. The van der Waals surface area contributed by atoms with Crippen molar-refractivity contribution in [1.29, 1.82) is 0 Å². The molecular formula is C13H17N3O4S. The first-order valence-electron chi connectivity index (χ1n) is 6.45. The molecule has 2 heterocycles. The van der Waals surface area contributed by atoms with E-state index < -0.39 is 10.0 Å². The van der Waals surface area contributed by atoms with E-state index in [2.05, 4.69) is 21.5 Å². The average molecular weight is 311 g/mol. The van der Waals surface area contributed by atoms with Crippen molar-refractivity contribution in [3.63, 3.8) is 0 Å². The van der Waals surface area contributed by atoms with Gasteiger partial charge in [-0.05, 0) is 6.07 Å². The van der Waals surface area contributed by atoms with Gasteiger partial charge in [-0.1, -0.05) is 11.8 Å². The van der Waals surface area contributed by atoms with Gasteiger partial charge in [0.25, 0.3) is 0 Å². The van der Waals surface area contributed by atoms with Gasteiger partial charge in [-0.25, -0.2) is 13.1 Å². The number of aromatic nitrogens is 1. The fourth-order valence-corrected chi connectivity index (χ4v) is 2.78.